The van der Waals surface area contributed by atoms with Crippen LogP contribution in [-0.2, 0) is 9.53 Å². The topological polar surface area (TPSA) is 44.8 Å². The predicted molar refractivity (Wildman–Crippen MR) is 92.8 cm³/mol. The first-order valence-electron chi connectivity index (χ1n) is 7.55. The van der Waals surface area contributed by atoms with E-state index in [0.717, 1.165) is 11.1 Å². The van der Waals surface area contributed by atoms with Crippen molar-refractivity contribution >= 4 is 17.8 Å². The summed E-state index contributed by atoms with van der Waals surface area (Å²) in [7, 11) is 3.15. The summed E-state index contributed by atoms with van der Waals surface area (Å²) in [5.41, 5.74) is 3.40. The molecular formula is C20H18O4. The third kappa shape index (κ3) is 3.18. The first kappa shape index (κ1) is 15.9. The van der Waals surface area contributed by atoms with Gasteiger partial charge in [-0.2, -0.15) is 0 Å². The molecule has 4 nitrogen and oxygen atoms in total. The van der Waals surface area contributed by atoms with Crippen LogP contribution in [0.15, 0.2) is 54.1 Å². The zero-order chi connectivity index (χ0) is 17.1. The van der Waals surface area contributed by atoms with Crippen molar-refractivity contribution in [3.05, 3.63) is 70.8 Å². The molecule has 0 spiro atoms. The van der Waals surface area contributed by atoms with Crippen LogP contribution in [0.1, 0.15) is 16.7 Å². The van der Waals surface area contributed by atoms with Crippen molar-refractivity contribution in [2.75, 3.05) is 14.2 Å². The van der Waals surface area contributed by atoms with E-state index in [0.29, 0.717) is 22.8 Å². The summed E-state index contributed by atoms with van der Waals surface area (Å²) < 4.78 is 15.9. The molecule has 122 valence electrons. The molecule has 0 aromatic heterocycles. The standard InChI is InChI=1S/C20H18O4/c1-13-4-6-14(7-5-13)10-16-12-18(24-20(16)21)15-8-9-17(22-2)19(11-15)23-3/h4-12H,1-3H3. The number of carbonyl (C=O) groups is 1. The Morgan fingerprint density at radius 2 is 1.67 bits per heavy atom. The highest BCUT2D eigenvalue weighted by molar-refractivity contribution is 6.05. The number of cyclic esters (lactones) is 1. The van der Waals surface area contributed by atoms with Crippen LogP contribution < -0.4 is 9.47 Å². The molecule has 0 fully saturated rings. The van der Waals surface area contributed by atoms with Crippen molar-refractivity contribution in [3.8, 4) is 11.5 Å². The van der Waals surface area contributed by atoms with Gasteiger partial charge in [-0.25, -0.2) is 4.79 Å². The number of ether oxygens (including phenoxy) is 3. The minimum Gasteiger partial charge on any atom is -0.493 e. The molecule has 0 unspecified atom stereocenters. The summed E-state index contributed by atoms with van der Waals surface area (Å²) in [4.78, 5) is 12.1. The zero-order valence-corrected chi connectivity index (χ0v) is 13.8. The molecule has 0 aliphatic carbocycles. The fourth-order valence-corrected chi connectivity index (χ4v) is 2.46. The van der Waals surface area contributed by atoms with Crippen molar-refractivity contribution in [1.82, 2.24) is 0 Å². The van der Waals surface area contributed by atoms with Gasteiger partial charge in [0, 0.05) is 5.56 Å². The Morgan fingerprint density at radius 1 is 0.958 bits per heavy atom. The summed E-state index contributed by atoms with van der Waals surface area (Å²) in [5.74, 6) is 1.35. The van der Waals surface area contributed by atoms with Gasteiger partial charge in [0.1, 0.15) is 5.76 Å². The molecule has 0 bridgehead atoms. The van der Waals surface area contributed by atoms with E-state index < -0.39 is 0 Å². The number of carbonyl (C=O) groups excluding carboxylic acids is 1. The number of hydrogen-bond donors (Lipinski definition) is 0. The monoisotopic (exact) mass is 322 g/mol. The van der Waals surface area contributed by atoms with E-state index in [1.165, 1.54) is 5.56 Å². The molecule has 3 rings (SSSR count). The van der Waals surface area contributed by atoms with E-state index in [1.54, 1.807) is 32.4 Å². The lowest BCUT2D eigenvalue weighted by molar-refractivity contribution is -0.130. The van der Waals surface area contributed by atoms with Gasteiger partial charge in [-0.1, -0.05) is 29.8 Å². The molecule has 0 radical (unpaired) electrons. The summed E-state index contributed by atoms with van der Waals surface area (Å²) in [6.45, 7) is 2.02. The van der Waals surface area contributed by atoms with Gasteiger partial charge in [0.25, 0.3) is 0 Å². The summed E-state index contributed by atoms with van der Waals surface area (Å²) >= 11 is 0. The number of benzene rings is 2. The van der Waals surface area contributed by atoms with Crippen molar-refractivity contribution in [3.63, 3.8) is 0 Å². The Labute approximate surface area is 141 Å². The Balaban J connectivity index is 1.93. The number of aryl methyl sites for hydroxylation is 1. The first-order chi connectivity index (χ1) is 11.6. The molecule has 1 aliphatic heterocycles. The normalized spacial score (nSPS) is 15.2. The SMILES string of the molecule is COc1ccc(C2=CC(=Cc3ccc(C)cc3)C(=O)O2)cc1OC. The quantitative estimate of drug-likeness (QED) is 0.630. The largest absolute Gasteiger partial charge is 0.493 e. The van der Waals surface area contributed by atoms with E-state index in [4.69, 9.17) is 14.2 Å². The number of rotatable bonds is 4. The van der Waals surface area contributed by atoms with Crippen LogP contribution in [0.2, 0.25) is 0 Å². The van der Waals surface area contributed by atoms with E-state index in [9.17, 15) is 4.79 Å². The number of hydrogen-bond acceptors (Lipinski definition) is 4. The van der Waals surface area contributed by atoms with Crippen LogP contribution in [0.5, 0.6) is 11.5 Å². The fourth-order valence-electron chi connectivity index (χ4n) is 2.46. The molecule has 0 amide bonds. The van der Waals surface area contributed by atoms with Gasteiger partial charge >= 0.3 is 5.97 Å². The molecule has 1 heterocycles. The predicted octanol–water partition coefficient (Wildman–Crippen LogP) is 3.99. The molecule has 24 heavy (non-hydrogen) atoms. The molecule has 0 atom stereocenters. The Kier molecular flexibility index (Phi) is 4.38. The maximum Gasteiger partial charge on any atom is 0.343 e. The van der Waals surface area contributed by atoms with E-state index >= 15 is 0 Å². The average Bonchev–Trinajstić information content (AvgIpc) is 2.97. The third-order valence-corrected chi connectivity index (χ3v) is 3.79. The van der Waals surface area contributed by atoms with Crippen LogP contribution in [0.4, 0.5) is 0 Å². The molecule has 1 aliphatic rings. The minimum absolute atomic E-state index is 0.361. The Hall–Kier alpha value is -3.01. The van der Waals surface area contributed by atoms with E-state index in [-0.39, 0.29) is 5.97 Å². The Bertz CT molecular complexity index is 829. The van der Waals surface area contributed by atoms with E-state index in [2.05, 4.69) is 0 Å². The van der Waals surface area contributed by atoms with Crippen LogP contribution >= 0.6 is 0 Å². The second-order valence-corrected chi connectivity index (χ2v) is 5.48. The second-order valence-electron chi connectivity index (χ2n) is 5.48. The molecule has 0 saturated heterocycles. The van der Waals surface area contributed by atoms with Gasteiger partial charge in [0.2, 0.25) is 0 Å². The van der Waals surface area contributed by atoms with Gasteiger partial charge in [0.15, 0.2) is 11.5 Å². The van der Waals surface area contributed by atoms with Crippen LogP contribution in [-0.4, -0.2) is 20.2 Å². The fraction of sp³-hybridized carbons (Fsp3) is 0.150. The second kappa shape index (κ2) is 6.62. The lowest BCUT2D eigenvalue weighted by atomic mass is 10.1. The molecule has 0 saturated carbocycles. The molecule has 4 heteroatoms. The van der Waals surface area contributed by atoms with Gasteiger partial charge in [-0.3, -0.25) is 0 Å². The lowest BCUT2D eigenvalue weighted by Gasteiger charge is -2.09. The van der Waals surface area contributed by atoms with Gasteiger partial charge in [0.05, 0.1) is 19.8 Å². The number of esters is 1. The van der Waals surface area contributed by atoms with Crippen molar-refractivity contribution in [2.45, 2.75) is 6.92 Å². The summed E-state index contributed by atoms with van der Waals surface area (Å²) in [6, 6.07) is 13.3. The molecular weight excluding hydrogens is 304 g/mol. The van der Waals surface area contributed by atoms with Gasteiger partial charge in [-0.15, -0.1) is 0 Å². The summed E-state index contributed by atoms with van der Waals surface area (Å²) in [5, 5.41) is 0. The highest BCUT2D eigenvalue weighted by Crippen LogP contribution is 2.33. The molecule has 2 aromatic rings. The molecule has 0 N–H and O–H groups in total. The van der Waals surface area contributed by atoms with Crippen molar-refractivity contribution in [2.24, 2.45) is 0 Å². The van der Waals surface area contributed by atoms with Gasteiger partial charge < -0.3 is 14.2 Å². The first-order valence-corrected chi connectivity index (χ1v) is 7.55. The van der Waals surface area contributed by atoms with Crippen molar-refractivity contribution < 1.29 is 19.0 Å². The summed E-state index contributed by atoms with van der Waals surface area (Å²) in [6.07, 6.45) is 3.55. The van der Waals surface area contributed by atoms with Crippen LogP contribution in [0.3, 0.4) is 0 Å². The van der Waals surface area contributed by atoms with Crippen LogP contribution in [0, 0.1) is 6.92 Å². The van der Waals surface area contributed by atoms with Gasteiger partial charge in [-0.05, 0) is 42.8 Å². The maximum atomic E-state index is 12.1. The minimum atomic E-state index is -0.361. The lowest BCUT2D eigenvalue weighted by Crippen LogP contribution is -1.98. The highest BCUT2D eigenvalue weighted by Gasteiger charge is 2.22. The zero-order valence-electron chi connectivity index (χ0n) is 13.8. The third-order valence-electron chi connectivity index (χ3n) is 3.79. The smallest absolute Gasteiger partial charge is 0.343 e. The van der Waals surface area contributed by atoms with E-state index in [1.807, 2.05) is 43.3 Å². The molecule has 2 aromatic carbocycles. The van der Waals surface area contributed by atoms with Crippen LogP contribution in [0.25, 0.3) is 11.8 Å². The van der Waals surface area contributed by atoms with Crippen molar-refractivity contribution in [1.29, 1.82) is 0 Å². The number of methoxy groups -OCH3 is 2. The Morgan fingerprint density at radius 3 is 2.33 bits per heavy atom. The average molecular weight is 322 g/mol. The highest BCUT2D eigenvalue weighted by atomic mass is 16.5. The maximum absolute atomic E-state index is 12.1.